The van der Waals surface area contributed by atoms with Crippen LogP contribution in [0.15, 0.2) is 79.9 Å². The normalized spacial score (nSPS) is 27.0. The smallest absolute Gasteiger partial charge is 0.247 e. The number of hydrogen-bond donors (Lipinski definition) is 1. The summed E-state index contributed by atoms with van der Waals surface area (Å²) in [6, 6.07) is 15.5. The minimum atomic E-state index is -0.825. The Hall–Kier alpha value is -3.56. The lowest BCUT2D eigenvalue weighted by Crippen LogP contribution is -2.60. The van der Waals surface area contributed by atoms with E-state index in [1.165, 1.54) is 0 Å². The predicted molar refractivity (Wildman–Crippen MR) is 184 cm³/mol. The zero-order valence-corrected chi connectivity index (χ0v) is 28.2. The molecule has 0 radical (unpaired) electrons. The second kappa shape index (κ2) is 14.1. The summed E-state index contributed by atoms with van der Waals surface area (Å²) in [5.41, 5.74) is 1.67. The fourth-order valence-corrected chi connectivity index (χ4v) is 10.3. The van der Waals surface area contributed by atoms with Crippen LogP contribution in [0.4, 0.5) is 5.69 Å². The summed E-state index contributed by atoms with van der Waals surface area (Å²) in [6.07, 6.45) is 4.52. The lowest BCUT2D eigenvalue weighted by atomic mass is 9.65. The molecule has 0 aliphatic carbocycles. The average molecular weight is 646 g/mol. The van der Waals surface area contributed by atoms with Gasteiger partial charge in [-0.05, 0) is 69.4 Å². The molecule has 5 rings (SSSR count). The molecule has 2 bridgehead atoms. The Morgan fingerprint density at radius 3 is 2.35 bits per heavy atom. The lowest BCUT2D eigenvalue weighted by Gasteiger charge is -2.43. The van der Waals surface area contributed by atoms with E-state index >= 15 is 0 Å². The fraction of sp³-hybridized carbons (Fsp3) is 0.486. The topological polar surface area (TPSA) is 90.4 Å². The monoisotopic (exact) mass is 645 g/mol. The molecule has 246 valence electrons. The minimum Gasteiger partial charge on any atom is -0.494 e. The summed E-state index contributed by atoms with van der Waals surface area (Å²) >= 11 is 1.65. The van der Waals surface area contributed by atoms with E-state index in [0.29, 0.717) is 31.0 Å². The second-order valence-electron chi connectivity index (χ2n) is 12.9. The van der Waals surface area contributed by atoms with Gasteiger partial charge in [0.1, 0.15) is 11.8 Å². The standard InChI is InChI=1S/C37H47N3O5S/c1-7-19-38(24(4)5)36(44)33-37-25(6)21-30(46-37)31(34(42)39(20-8-2)27-15-17-29(18-16-27)45-9-3)32(37)35(43)40(33)28(23-41)22-26-13-11-10-12-14-26/h7-8,10-18,24-25,28,30-33,41H,1-2,9,19-23H2,3-6H3/t25?,28-,30+,31-,32+,33?,37?/m1/s1. The van der Waals surface area contributed by atoms with Crippen molar-refractivity contribution in [1.29, 1.82) is 0 Å². The molecule has 46 heavy (non-hydrogen) atoms. The minimum absolute atomic E-state index is 0.00610. The van der Waals surface area contributed by atoms with Gasteiger partial charge in [0, 0.05) is 30.1 Å². The first-order valence-electron chi connectivity index (χ1n) is 16.4. The molecule has 9 heteroatoms. The number of hydrogen-bond acceptors (Lipinski definition) is 6. The number of carbonyl (C=O) groups excluding carboxylic acids is 3. The number of aliphatic hydroxyl groups is 1. The van der Waals surface area contributed by atoms with E-state index in [9.17, 15) is 19.5 Å². The molecule has 2 aromatic rings. The fourth-order valence-electron chi connectivity index (χ4n) is 7.92. The lowest BCUT2D eigenvalue weighted by molar-refractivity contribution is -0.146. The highest BCUT2D eigenvalue weighted by Gasteiger charge is 2.77. The molecule has 0 aromatic heterocycles. The van der Waals surface area contributed by atoms with E-state index < -0.39 is 28.7 Å². The highest BCUT2D eigenvalue weighted by molar-refractivity contribution is 8.02. The van der Waals surface area contributed by atoms with Crippen molar-refractivity contribution < 1.29 is 24.2 Å². The summed E-state index contributed by atoms with van der Waals surface area (Å²) in [5, 5.41) is 10.7. The average Bonchev–Trinajstić information content (AvgIpc) is 3.65. The van der Waals surface area contributed by atoms with Gasteiger partial charge in [-0.15, -0.1) is 24.9 Å². The maximum Gasteiger partial charge on any atom is 0.247 e. The van der Waals surface area contributed by atoms with Crippen LogP contribution in [0.1, 0.15) is 39.7 Å². The summed E-state index contributed by atoms with van der Waals surface area (Å²) in [6.45, 7) is 16.6. The molecule has 0 saturated carbocycles. The summed E-state index contributed by atoms with van der Waals surface area (Å²) in [4.78, 5) is 49.5. The molecule has 1 N–H and O–H groups in total. The van der Waals surface area contributed by atoms with Crippen LogP contribution in [0.3, 0.4) is 0 Å². The zero-order chi connectivity index (χ0) is 33.2. The molecule has 1 spiro atoms. The summed E-state index contributed by atoms with van der Waals surface area (Å²) < 4.78 is 4.81. The molecule has 3 saturated heterocycles. The van der Waals surface area contributed by atoms with E-state index in [4.69, 9.17) is 4.74 Å². The van der Waals surface area contributed by atoms with Crippen LogP contribution in [-0.4, -0.2) is 87.1 Å². The number of ether oxygens (including phenoxy) is 1. The number of thioether (sulfide) groups is 1. The number of likely N-dealkylation sites (tertiary alicyclic amines) is 1. The Balaban J connectivity index is 1.59. The highest BCUT2D eigenvalue weighted by atomic mass is 32.2. The molecule has 3 amide bonds. The number of carbonyl (C=O) groups is 3. The van der Waals surface area contributed by atoms with Crippen LogP contribution in [0.2, 0.25) is 0 Å². The van der Waals surface area contributed by atoms with Gasteiger partial charge in [0.2, 0.25) is 17.7 Å². The van der Waals surface area contributed by atoms with Crippen molar-refractivity contribution in [2.24, 2.45) is 17.8 Å². The van der Waals surface area contributed by atoms with E-state index in [1.807, 2.05) is 75.4 Å². The molecule has 3 aliphatic rings. The molecule has 8 nitrogen and oxygen atoms in total. The molecule has 3 aliphatic heterocycles. The van der Waals surface area contributed by atoms with Crippen LogP contribution >= 0.6 is 11.8 Å². The van der Waals surface area contributed by atoms with Gasteiger partial charge >= 0.3 is 0 Å². The zero-order valence-electron chi connectivity index (χ0n) is 27.4. The number of aliphatic hydroxyl groups excluding tert-OH is 1. The van der Waals surface area contributed by atoms with Gasteiger partial charge in [-0.2, -0.15) is 0 Å². The number of fused-ring (bicyclic) bond motifs is 1. The molecule has 2 aromatic carbocycles. The van der Waals surface area contributed by atoms with Crippen molar-refractivity contribution in [3.05, 3.63) is 85.5 Å². The molecule has 3 heterocycles. The van der Waals surface area contributed by atoms with Gasteiger partial charge in [0.05, 0.1) is 35.8 Å². The van der Waals surface area contributed by atoms with Gasteiger partial charge in [0.25, 0.3) is 0 Å². The van der Waals surface area contributed by atoms with Crippen molar-refractivity contribution in [2.75, 3.05) is 31.2 Å². The van der Waals surface area contributed by atoms with Crippen molar-refractivity contribution in [3.8, 4) is 5.75 Å². The van der Waals surface area contributed by atoms with Crippen LogP contribution in [0, 0.1) is 17.8 Å². The molecular weight excluding hydrogens is 598 g/mol. The van der Waals surface area contributed by atoms with E-state index in [1.54, 1.807) is 38.6 Å². The quantitative estimate of drug-likeness (QED) is 0.292. The van der Waals surface area contributed by atoms with Crippen LogP contribution < -0.4 is 9.64 Å². The van der Waals surface area contributed by atoms with Crippen LogP contribution in [0.25, 0.3) is 0 Å². The number of benzene rings is 2. The van der Waals surface area contributed by atoms with Gasteiger partial charge in [0.15, 0.2) is 0 Å². The van der Waals surface area contributed by atoms with Gasteiger partial charge in [-0.3, -0.25) is 14.4 Å². The first-order chi connectivity index (χ1) is 22.1. The SMILES string of the molecule is C=CCN(C(=O)[C@@H]1[C@@H]2CC(C)C3(S2)C(C(=O)N(CC=C)C(C)C)N([C@@H](CO)Cc2ccccc2)C(=O)[C@H]13)c1ccc(OCC)cc1. The molecule has 3 unspecified atom stereocenters. The molecule has 3 fully saturated rings. The largest absolute Gasteiger partial charge is 0.494 e. The number of anilines is 1. The van der Waals surface area contributed by atoms with Crippen molar-refractivity contribution >= 4 is 35.2 Å². The summed E-state index contributed by atoms with van der Waals surface area (Å²) in [5.74, 6) is -1.12. The number of rotatable bonds is 14. The number of nitrogens with zero attached hydrogens (tertiary/aromatic N) is 3. The maximum absolute atomic E-state index is 14.9. The molecule has 7 atom stereocenters. The second-order valence-corrected chi connectivity index (χ2v) is 14.4. The Morgan fingerprint density at radius 1 is 1.09 bits per heavy atom. The van der Waals surface area contributed by atoms with Crippen LogP contribution in [0.5, 0.6) is 5.75 Å². The Labute approximate surface area is 277 Å². The number of amides is 3. The van der Waals surface area contributed by atoms with E-state index in [2.05, 4.69) is 20.1 Å². The third-order valence-electron chi connectivity index (χ3n) is 9.89. The van der Waals surface area contributed by atoms with Gasteiger partial charge in [-0.1, -0.05) is 49.4 Å². The Morgan fingerprint density at radius 2 is 1.76 bits per heavy atom. The first kappa shape index (κ1) is 33.8. The van der Waals surface area contributed by atoms with Gasteiger partial charge < -0.3 is 24.5 Å². The highest BCUT2D eigenvalue weighted by Crippen LogP contribution is 2.69. The summed E-state index contributed by atoms with van der Waals surface area (Å²) in [7, 11) is 0. The third-order valence-corrected chi connectivity index (χ3v) is 12.0. The van der Waals surface area contributed by atoms with Crippen molar-refractivity contribution in [2.45, 2.75) is 68.7 Å². The van der Waals surface area contributed by atoms with Gasteiger partial charge in [-0.25, -0.2) is 0 Å². The van der Waals surface area contributed by atoms with E-state index in [-0.39, 0.29) is 48.1 Å². The Kier molecular flexibility index (Phi) is 10.3. The molecular formula is C37H47N3O5S. The van der Waals surface area contributed by atoms with E-state index in [0.717, 1.165) is 12.0 Å². The third kappa shape index (κ3) is 5.77. The maximum atomic E-state index is 14.9. The predicted octanol–water partition coefficient (Wildman–Crippen LogP) is 4.97. The van der Waals surface area contributed by atoms with Crippen molar-refractivity contribution in [3.63, 3.8) is 0 Å². The van der Waals surface area contributed by atoms with Crippen LogP contribution in [-0.2, 0) is 20.8 Å². The first-order valence-corrected chi connectivity index (χ1v) is 17.2. The van der Waals surface area contributed by atoms with Crippen molar-refractivity contribution in [1.82, 2.24) is 9.80 Å². The Bertz CT molecular complexity index is 1430.